The fourth-order valence-corrected chi connectivity index (χ4v) is 26.8. The molecule has 2 aromatic rings. The van der Waals surface area contributed by atoms with Crippen LogP contribution in [0.3, 0.4) is 0 Å². The molecule has 2 atom stereocenters. The molecule has 0 aromatic heterocycles. The molecular formula is C23H30Cl2SiZr. The summed E-state index contributed by atoms with van der Waals surface area (Å²) in [6.45, 7) is 9.32. The summed E-state index contributed by atoms with van der Waals surface area (Å²) in [5.41, 5.74) is 12.5. The molecule has 144 valence electrons. The van der Waals surface area contributed by atoms with Crippen molar-refractivity contribution in [3.63, 3.8) is 0 Å². The number of benzene rings is 2. The third-order valence-corrected chi connectivity index (χ3v) is 24.4. The Morgan fingerprint density at radius 1 is 0.704 bits per heavy atom. The molecule has 0 saturated carbocycles. The number of aryl methyl sites for hydroxylation is 2. The Labute approximate surface area is 183 Å². The predicted octanol–water partition coefficient (Wildman–Crippen LogP) is 6.25. The molecule has 4 rings (SSSR count). The van der Waals surface area contributed by atoms with Crippen LogP contribution in [-0.4, -0.2) is 7.37 Å². The van der Waals surface area contributed by atoms with Gasteiger partial charge in [0.1, 0.15) is 0 Å². The number of fused-ring (bicyclic) bond motifs is 2. The van der Waals surface area contributed by atoms with Gasteiger partial charge in [0.25, 0.3) is 0 Å². The Bertz CT molecular complexity index is 868. The van der Waals surface area contributed by atoms with E-state index in [2.05, 4.69) is 80.9 Å². The molecule has 27 heavy (non-hydrogen) atoms. The first-order valence-corrected chi connectivity index (χ1v) is 23.0. The van der Waals surface area contributed by atoms with E-state index in [0.717, 1.165) is 7.25 Å². The standard InChI is InChI=1S/2C11H11.CH3.2ClH.H3Si.Zr/c2*1-8-6-10-5-3-4-9(2)11(10)7-8;;;;;/h2*3-7H,1-2H3;1H3;2*1H;1H3;. The normalized spacial score (nSPS) is 22.0. The van der Waals surface area contributed by atoms with Crippen LogP contribution < -0.4 is 0 Å². The van der Waals surface area contributed by atoms with Gasteiger partial charge in [-0.15, -0.1) is 24.8 Å². The van der Waals surface area contributed by atoms with Crippen molar-refractivity contribution >= 4 is 44.3 Å². The molecule has 0 bridgehead atoms. The van der Waals surface area contributed by atoms with Crippen LogP contribution in [0.2, 0.25) is 4.63 Å². The van der Waals surface area contributed by atoms with Crippen molar-refractivity contribution in [3.05, 3.63) is 80.9 Å². The Hall–Kier alpha value is -0.400. The van der Waals surface area contributed by atoms with E-state index in [1.807, 2.05) is 0 Å². The zero-order valence-electron chi connectivity index (χ0n) is 17.1. The van der Waals surface area contributed by atoms with Gasteiger partial charge in [0.15, 0.2) is 0 Å². The average molecular weight is 497 g/mol. The molecule has 0 fully saturated rings. The first-order chi connectivity index (χ1) is 11.8. The molecular weight excluding hydrogens is 466 g/mol. The SMILES string of the molecule is CC1=Cc2c(C)cccc2[CH]1[Zr]([CH3])([SiH3])[CH]1C(C)=Cc2c(C)cccc21.Cl.Cl. The van der Waals surface area contributed by atoms with Gasteiger partial charge in [0.2, 0.25) is 0 Å². The molecule has 2 aliphatic carbocycles. The zero-order chi connectivity index (χ0) is 17.9. The number of halogens is 2. The van der Waals surface area contributed by atoms with Crippen LogP contribution in [0.5, 0.6) is 0 Å². The molecule has 0 heterocycles. The van der Waals surface area contributed by atoms with Gasteiger partial charge < -0.3 is 0 Å². The monoisotopic (exact) mass is 494 g/mol. The van der Waals surface area contributed by atoms with E-state index in [0.29, 0.717) is 0 Å². The molecule has 0 N–H and O–H groups in total. The number of rotatable bonds is 2. The third-order valence-electron chi connectivity index (χ3n) is 6.48. The summed E-state index contributed by atoms with van der Waals surface area (Å²) >= 11 is -2.42. The number of hydrogen-bond acceptors (Lipinski definition) is 0. The minimum Gasteiger partial charge on any atom is -0.147 e. The Morgan fingerprint density at radius 2 is 1.07 bits per heavy atom. The first kappa shape index (κ1) is 22.9. The Balaban J connectivity index is 0.00000131. The van der Waals surface area contributed by atoms with Gasteiger partial charge in [-0.1, -0.05) is 0 Å². The summed E-state index contributed by atoms with van der Waals surface area (Å²) in [5.74, 6) is 0. The van der Waals surface area contributed by atoms with Gasteiger partial charge in [-0.2, -0.15) is 0 Å². The smallest absolute Gasteiger partial charge is 0.147 e. The van der Waals surface area contributed by atoms with Crippen LogP contribution in [0.25, 0.3) is 12.2 Å². The van der Waals surface area contributed by atoms with Gasteiger partial charge in [0.05, 0.1) is 0 Å². The second-order valence-corrected chi connectivity index (χ2v) is 33.2. The maximum Gasteiger partial charge on any atom is -0.147 e. The first-order valence-electron chi connectivity index (χ1n) is 9.37. The van der Waals surface area contributed by atoms with Gasteiger partial charge in [-0.05, 0) is 0 Å². The van der Waals surface area contributed by atoms with Gasteiger partial charge in [0, 0.05) is 0 Å². The summed E-state index contributed by atoms with van der Waals surface area (Å²) in [7, 11) is 1.37. The topological polar surface area (TPSA) is 0 Å². The molecule has 2 aromatic carbocycles. The van der Waals surface area contributed by atoms with Gasteiger partial charge >= 0.3 is 159 Å². The molecule has 0 amide bonds. The minimum absolute atomic E-state index is 0. The van der Waals surface area contributed by atoms with E-state index in [1.165, 1.54) is 29.6 Å². The summed E-state index contributed by atoms with van der Waals surface area (Å²) in [6, 6.07) is 13.9. The fourth-order valence-electron chi connectivity index (χ4n) is 5.56. The van der Waals surface area contributed by atoms with Crippen molar-refractivity contribution in [2.24, 2.45) is 0 Å². The van der Waals surface area contributed by atoms with E-state index in [-0.39, 0.29) is 24.8 Å². The zero-order valence-corrected chi connectivity index (χ0v) is 23.2. The fraction of sp³-hybridized carbons (Fsp3) is 0.304. The van der Waals surface area contributed by atoms with E-state index in [9.17, 15) is 0 Å². The Morgan fingerprint density at radius 3 is 1.44 bits per heavy atom. The summed E-state index contributed by atoms with van der Waals surface area (Å²) in [4.78, 5) is 0. The largest absolute Gasteiger partial charge is 0.147 e. The molecule has 0 radical (unpaired) electrons. The second-order valence-electron chi connectivity index (χ2n) is 8.62. The second kappa shape index (κ2) is 8.15. The molecule has 0 nitrogen and oxygen atoms in total. The molecule has 2 unspecified atom stereocenters. The van der Waals surface area contributed by atoms with E-state index in [1.54, 1.807) is 22.3 Å². The molecule has 0 spiro atoms. The van der Waals surface area contributed by atoms with E-state index < -0.39 is 19.4 Å². The maximum absolute atomic E-state index is 2.74. The van der Waals surface area contributed by atoms with Crippen molar-refractivity contribution in [1.29, 1.82) is 0 Å². The Kier molecular flexibility index (Phi) is 6.91. The molecule has 2 aliphatic rings. The van der Waals surface area contributed by atoms with E-state index in [4.69, 9.17) is 0 Å². The molecule has 4 heteroatoms. The maximum atomic E-state index is 2.74. The third kappa shape index (κ3) is 3.52. The van der Waals surface area contributed by atoms with Crippen molar-refractivity contribution in [2.75, 3.05) is 0 Å². The number of allylic oxidation sites excluding steroid dienone is 2. The van der Waals surface area contributed by atoms with Crippen LogP contribution in [0.15, 0.2) is 47.5 Å². The van der Waals surface area contributed by atoms with Crippen molar-refractivity contribution < 1.29 is 19.4 Å². The molecule has 0 aliphatic heterocycles. The predicted molar refractivity (Wildman–Crippen MR) is 125 cm³/mol. The summed E-state index contributed by atoms with van der Waals surface area (Å²) in [5, 5.41) is 0. The van der Waals surface area contributed by atoms with Crippen LogP contribution in [-0.2, 0) is 19.4 Å². The minimum atomic E-state index is -2.42. The van der Waals surface area contributed by atoms with Crippen LogP contribution in [0.1, 0.15) is 54.5 Å². The van der Waals surface area contributed by atoms with Crippen molar-refractivity contribution in [3.8, 4) is 0 Å². The quantitative estimate of drug-likeness (QED) is 0.432. The average Bonchev–Trinajstić information content (AvgIpc) is 3.06. The van der Waals surface area contributed by atoms with Crippen molar-refractivity contribution in [1.82, 2.24) is 0 Å². The summed E-state index contributed by atoms with van der Waals surface area (Å²) < 4.78 is 4.23. The van der Waals surface area contributed by atoms with Crippen molar-refractivity contribution in [2.45, 2.75) is 39.6 Å². The van der Waals surface area contributed by atoms with Crippen LogP contribution >= 0.6 is 24.8 Å². The summed E-state index contributed by atoms with van der Waals surface area (Å²) in [6.07, 6.45) is 4.99. The van der Waals surface area contributed by atoms with Gasteiger partial charge in [-0.25, -0.2) is 0 Å². The van der Waals surface area contributed by atoms with Gasteiger partial charge in [-0.3, -0.25) is 0 Å². The number of hydrogen-bond donors (Lipinski definition) is 0. The van der Waals surface area contributed by atoms with Crippen LogP contribution in [0, 0.1) is 13.8 Å². The molecule has 0 saturated heterocycles. The van der Waals surface area contributed by atoms with E-state index >= 15 is 0 Å². The van der Waals surface area contributed by atoms with Crippen LogP contribution in [0.4, 0.5) is 0 Å².